The molecule has 0 unspecified atom stereocenters. The summed E-state index contributed by atoms with van der Waals surface area (Å²) in [6, 6.07) is 10.8. The van der Waals surface area contributed by atoms with Gasteiger partial charge in [-0.25, -0.2) is 8.78 Å². The molecular formula is C17H14F2N2O. The summed E-state index contributed by atoms with van der Waals surface area (Å²) in [5, 5.41) is 3.46. The highest BCUT2D eigenvalue weighted by molar-refractivity contribution is 5.96. The first-order valence-corrected chi connectivity index (χ1v) is 6.82. The van der Waals surface area contributed by atoms with Crippen LogP contribution in [0.1, 0.15) is 5.56 Å². The first kappa shape index (κ1) is 14.3. The molecule has 0 aliphatic heterocycles. The van der Waals surface area contributed by atoms with Crippen LogP contribution in [0.5, 0.6) is 0 Å². The third kappa shape index (κ3) is 2.70. The van der Waals surface area contributed by atoms with Gasteiger partial charge in [-0.1, -0.05) is 18.2 Å². The second kappa shape index (κ2) is 5.60. The first-order chi connectivity index (χ1) is 10.5. The molecule has 112 valence electrons. The number of hydrogen-bond acceptors (Lipinski definition) is 1. The van der Waals surface area contributed by atoms with Crippen LogP contribution in [0.25, 0.3) is 10.9 Å². The van der Waals surface area contributed by atoms with E-state index in [-0.39, 0.29) is 18.0 Å². The lowest BCUT2D eigenvalue weighted by molar-refractivity contribution is -0.115. The Hall–Kier alpha value is -2.69. The average molecular weight is 300 g/mol. The lowest BCUT2D eigenvalue weighted by Crippen LogP contribution is -2.15. The third-order valence-corrected chi connectivity index (χ3v) is 3.54. The number of rotatable bonds is 3. The van der Waals surface area contributed by atoms with Crippen LogP contribution in [-0.4, -0.2) is 10.5 Å². The van der Waals surface area contributed by atoms with Crippen LogP contribution in [0.3, 0.4) is 0 Å². The number of carbonyl (C=O) groups excluding carboxylic acids is 1. The summed E-state index contributed by atoms with van der Waals surface area (Å²) in [5.74, 6) is -1.81. The van der Waals surface area contributed by atoms with Crippen LogP contribution in [0.2, 0.25) is 0 Å². The maximum atomic E-state index is 13.5. The fourth-order valence-electron chi connectivity index (χ4n) is 2.52. The number of aryl methyl sites for hydroxylation is 1. The number of para-hydroxylation sites is 1. The fraction of sp³-hybridized carbons (Fsp3) is 0.118. The number of aromatic nitrogens is 1. The quantitative estimate of drug-likeness (QED) is 0.787. The van der Waals surface area contributed by atoms with Crippen molar-refractivity contribution < 1.29 is 13.6 Å². The van der Waals surface area contributed by atoms with Crippen LogP contribution in [0.4, 0.5) is 14.5 Å². The first-order valence-electron chi connectivity index (χ1n) is 6.82. The molecule has 1 amide bonds. The Bertz CT molecular complexity index is 855. The normalized spacial score (nSPS) is 10.9. The molecule has 3 nitrogen and oxygen atoms in total. The topological polar surface area (TPSA) is 34.0 Å². The summed E-state index contributed by atoms with van der Waals surface area (Å²) >= 11 is 0. The summed E-state index contributed by atoms with van der Waals surface area (Å²) in [5.41, 5.74) is 1.86. The maximum absolute atomic E-state index is 13.5. The van der Waals surface area contributed by atoms with Gasteiger partial charge in [-0.15, -0.1) is 0 Å². The van der Waals surface area contributed by atoms with E-state index in [2.05, 4.69) is 5.32 Å². The molecule has 0 bridgehead atoms. The molecule has 1 N–H and O–H groups in total. The van der Waals surface area contributed by atoms with Gasteiger partial charge in [0.25, 0.3) is 0 Å². The highest BCUT2D eigenvalue weighted by atomic mass is 19.1. The number of benzene rings is 2. The number of amides is 1. The van der Waals surface area contributed by atoms with E-state index < -0.39 is 11.6 Å². The molecule has 0 aliphatic rings. The molecule has 22 heavy (non-hydrogen) atoms. The smallest absolute Gasteiger partial charge is 0.228 e. The minimum atomic E-state index is -0.786. The van der Waals surface area contributed by atoms with E-state index in [0.29, 0.717) is 0 Å². The Morgan fingerprint density at radius 3 is 2.73 bits per heavy atom. The van der Waals surface area contributed by atoms with Crippen molar-refractivity contribution in [2.24, 2.45) is 7.05 Å². The molecule has 3 aromatic rings. The average Bonchev–Trinajstić information content (AvgIpc) is 2.79. The van der Waals surface area contributed by atoms with E-state index in [1.165, 1.54) is 6.07 Å². The molecule has 3 rings (SSSR count). The summed E-state index contributed by atoms with van der Waals surface area (Å²) in [6.07, 6.45) is 2.00. The Kier molecular flexibility index (Phi) is 3.63. The number of hydrogen-bond donors (Lipinski definition) is 1. The Labute approximate surface area is 126 Å². The molecule has 0 saturated carbocycles. The highest BCUT2D eigenvalue weighted by Crippen LogP contribution is 2.21. The van der Waals surface area contributed by atoms with Crippen molar-refractivity contribution in [3.05, 3.63) is 65.9 Å². The van der Waals surface area contributed by atoms with E-state index in [4.69, 9.17) is 0 Å². The number of nitrogens with one attached hydrogen (secondary N) is 1. The standard InChI is InChI=1S/C17H14F2N2O/c1-21-10-11(13-4-2-3-5-16(13)21)8-17(22)20-15-7-6-12(18)9-14(15)19/h2-7,9-10H,8H2,1H3,(H,20,22). The van der Waals surface area contributed by atoms with Gasteiger partial charge in [0.15, 0.2) is 0 Å². The lowest BCUT2D eigenvalue weighted by atomic mass is 10.1. The molecule has 5 heteroatoms. The molecule has 0 atom stereocenters. The Balaban J connectivity index is 1.81. The zero-order valence-electron chi connectivity index (χ0n) is 11.9. The van der Waals surface area contributed by atoms with Crippen molar-refractivity contribution in [3.63, 3.8) is 0 Å². The maximum Gasteiger partial charge on any atom is 0.228 e. The molecule has 1 heterocycles. The summed E-state index contributed by atoms with van der Waals surface area (Å²) in [6.45, 7) is 0. The molecule has 0 aliphatic carbocycles. The molecule has 2 aromatic carbocycles. The molecule has 0 radical (unpaired) electrons. The number of nitrogens with zero attached hydrogens (tertiary/aromatic N) is 1. The van der Waals surface area contributed by atoms with E-state index in [1.807, 2.05) is 42.1 Å². The van der Waals surface area contributed by atoms with Gasteiger partial charge in [0, 0.05) is 30.2 Å². The number of anilines is 1. The zero-order valence-corrected chi connectivity index (χ0v) is 11.9. The van der Waals surface area contributed by atoms with Crippen molar-refractivity contribution in [3.8, 4) is 0 Å². The minimum Gasteiger partial charge on any atom is -0.350 e. The predicted molar refractivity (Wildman–Crippen MR) is 81.6 cm³/mol. The van der Waals surface area contributed by atoms with Gasteiger partial charge in [0.05, 0.1) is 12.1 Å². The second-order valence-electron chi connectivity index (χ2n) is 5.13. The van der Waals surface area contributed by atoms with Gasteiger partial charge < -0.3 is 9.88 Å². The fourth-order valence-corrected chi connectivity index (χ4v) is 2.52. The number of halogens is 2. The summed E-state index contributed by atoms with van der Waals surface area (Å²) in [7, 11) is 1.91. The van der Waals surface area contributed by atoms with Crippen LogP contribution in [-0.2, 0) is 18.3 Å². The van der Waals surface area contributed by atoms with Crippen molar-refractivity contribution >= 4 is 22.5 Å². The largest absolute Gasteiger partial charge is 0.350 e. The Morgan fingerprint density at radius 2 is 1.95 bits per heavy atom. The minimum absolute atomic E-state index is 0.0216. The molecule has 1 aromatic heterocycles. The second-order valence-corrected chi connectivity index (χ2v) is 5.13. The van der Waals surface area contributed by atoms with Gasteiger partial charge in [-0.2, -0.15) is 0 Å². The van der Waals surface area contributed by atoms with Gasteiger partial charge in [0.2, 0.25) is 5.91 Å². The Morgan fingerprint density at radius 1 is 1.18 bits per heavy atom. The predicted octanol–water partition coefficient (Wildman–Crippen LogP) is 3.64. The lowest BCUT2D eigenvalue weighted by Gasteiger charge is -2.06. The van der Waals surface area contributed by atoms with Gasteiger partial charge in [-0.05, 0) is 23.8 Å². The van der Waals surface area contributed by atoms with Crippen molar-refractivity contribution in [1.82, 2.24) is 4.57 Å². The monoisotopic (exact) mass is 300 g/mol. The number of fused-ring (bicyclic) bond motifs is 1. The zero-order chi connectivity index (χ0) is 15.7. The van der Waals surface area contributed by atoms with Crippen molar-refractivity contribution in [1.29, 1.82) is 0 Å². The SMILES string of the molecule is Cn1cc(CC(=O)Nc2ccc(F)cc2F)c2ccccc21. The molecular weight excluding hydrogens is 286 g/mol. The molecule has 0 fully saturated rings. The van der Waals surface area contributed by atoms with Crippen LogP contribution in [0.15, 0.2) is 48.7 Å². The highest BCUT2D eigenvalue weighted by Gasteiger charge is 2.12. The van der Waals surface area contributed by atoms with Gasteiger partial charge >= 0.3 is 0 Å². The van der Waals surface area contributed by atoms with E-state index in [0.717, 1.165) is 28.6 Å². The summed E-state index contributed by atoms with van der Waals surface area (Å²) in [4.78, 5) is 12.1. The van der Waals surface area contributed by atoms with Crippen LogP contribution >= 0.6 is 0 Å². The van der Waals surface area contributed by atoms with E-state index in [1.54, 1.807) is 0 Å². The molecule has 0 spiro atoms. The van der Waals surface area contributed by atoms with Crippen molar-refractivity contribution in [2.75, 3.05) is 5.32 Å². The van der Waals surface area contributed by atoms with Crippen LogP contribution in [0, 0.1) is 11.6 Å². The van der Waals surface area contributed by atoms with Gasteiger partial charge in [-0.3, -0.25) is 4.79 Å². The van der Waals surface area contributed by atoms with E-state index >= 15 is 0 Å². The van der Waals surface area contributed by atoms with Crippen molar-refractivity contribution in [2.45, 2.75) is 6.42 Å². The molecule has 0 saturated heterocycles. The van der Waals surface area contributed by atoms with Crippen LogP contribution < -0.4 is 5.32 Å². The van der Waals surface area contributed by atoms with Gasteiger partial charge in [0.1, 0.15) is 11.6 Å². The number of carbonyl (C=O) groups is 1. The summed E-state index contributed by atoms with van der Waals surface area (Å²) < 4.78 is 28.3. The van der Waals surface area contributed by atoms with E-state index in [9.17, 15) is 13.6 Å². The third-order valence-electron chi connectivity index (χ3n) is 3.54.